The Labute approximate surface area is 374 Å². The second-order valence-corrected chi connectivity index (χ2v) is 19.0. The summed E-state index contributed by atoms with van der Waals surface area (Å²) in [5.41, 5.74) is 0. The standard InChI is InChI=1S/C54H104O6/c1-5-7-9-11-13-15-17-18-19-20-21-22-23-24-26-29-33-37-41-45-52(55)58-48-51(60-54(57)47-43-39-35-30-25-16-14-12-10-8-6-2)49-59-53(56)46-42-38-34-31-27-28-32-36-40-44-50(3)4/h50-51H,5-49H2,1-4H3/t51-/m0/s1. The Kier molecular flexibility index (Phi) is 47.2. The van der Waals surface area contributed by atoms with Gasteiger partial charge in [0.15, 0.2) is 6.10 Å². The minimum atomic E-state index is -0.760. The van der Waals surface area contributed by atoms with E-state index in [2.05, 4.69) is 27.7 Å². The summed E-state index contributed by atoms with van der Waals surface area (Å²) in [7, 11) is 0. The Hall–Kier alpha value is -1.59. The van der Waals surface area contributed by atoms with E-state index in [4.69, 9.17) is 14.2 Å². The van der Waals surface area contributed by atoms with Gasteiger partial charge in [-0.3, -0.25) is 14.4 Å². The zero-order chi connectivity index (χ0) is 43.8. The molecule has 356 valence electrons. The van der Waals surface area contributed by atoms with Gasteiger partial charge in [0.1, 0.15) is 13.2 Å². The normalized spacial score (nSPS) is 11.9. The van der Waals surface area contributed by atoms with Gasteiger partial charge in [0.2, 0.25) is 0 Å². The average Bonchev–Trinajstić information content (AvgIpc) is 3.23. The quantitative estimate of drug-likeness (QED) is 0.0345. The van der Waals surface area contributed by atoms with Gasteiger partial charge in [0.25, 0.3) is 0 Å². The van der Waals surface area contributed by atoms with Gasteiger partial charge < -0.3 is 14.2 Å². The van der Waals surface area contributed by atoms with Crippen molar-refractivity contribution in [2.24, 2.45) is 5.92 Å². The van der Waals surface area contributed by atoms with Crippen LogP contribution in [-0.4, -0.2) is 37.2 Å². The molecular formula is C54H104O6. The first-order valence-corrected chi connectivity index (χ1v) is 26.9. The summed E-state index contributed by atoms with van der Waals surface area (Å²) in [6.07, 6.45) is 51.0. The van der Waals surface area contributed by atoms with E-state index >= 15 is 0 Å². The summed E-state index contributed by atoms with van der Waals surface area (Å²) >= 11 is 0. The number of carbonyl (C=O) groups is 3. The van der Waals surface area contributed by atoms with Crippen LogP contribution >= 0.6 is 0 Å². The largest absolute Gasteiger partial charge is 0.462 e. The molecule has 0 bridgehead atoms. The molecule has 0 amide bonds. The van der Waals surface area contributed by atoms with E-state index in [9.17, 15) is 14.4 Å². The molecule has 60 heavy (non-hydrogen) atoms. The van der Waals surface area contributed by atoms with Crippen LogP contribution in [0, 0.1) is 5.92 Å². The second-order valence-electron chi connectivity index (χ2n) is 19.0. The molecule has 0 aliphatic carbocycles. The van der Waals surface area contributed by atoms with Gasteiger partial charge in [-0.1, -0.05) is 265 Å². The molecule has 0 aromatic rings. The number of hydrogen-bond acceptors (Lipinski definition) is 6. The smallest absolute Gasteiger partial charge is 0.306 e. The number of rotatable bonds is 49. The van der Waals surface area contributed by atoms with Crippen LogP contribution in [0.15, 0.2) is 0 Å². The fourth-order valence-electron chi connectivity index (χ4n) is 8.22. The molecule has 0 radical (unpaired) electrons. The first kappa shape index (κ1) is 58.4. The van der Waals surface area contributed by atoms with Crippen molar-refractivity contribution >= 4 is 17.9 Å². The highest BCUT2D eigenvalue weighted by Gasteiger charge is 2.19. The molecule has 0 N–H and O–H groups in total. The van der Waals surface area contributed by atoms with Crippen molar-refractivity contribution in [3.63, 3.8) is 0 Å². The van der Waals surface area contributed by atoms with Crippen molar-refractivity contribution < 1.29 is 28.6 Å². The maximum atomic E-state index is 12.8. The summed E-state index contributed by atoms with van der Waals surface area (Å²) in [6.45, 7) is 9.01. The number of esters is 3. The van der Waals surface area contributed by atoms with Gasteiger partial charge in [-0.15, -0.1) is 0 Å². The Bertz CT molecular complexity index is 903. The maximum Gasteiger partial charge on any atom is 0.306 e. The van der Waals surface area contributed by atoms with E-state index in [0.29, 0.717) is 19.3 Å². The van der Waals surface area contributed by atoms with Crippen LogP contribution < -0.4 is 0 Å². The predicted octanol–water partition coefficient (Wildman–Crippen LogP) is 17.5. The third-order valence-corrected chi connectivity index (χ3v) is 12.3. The highest BCUT2D eigenvalue weighted by atomic mass is 16.6. The SMILES string of the molecule is CCCCCCCCCCCCCCCCCCCCCC(=O)OC[C@@H](COC(=O)CCCCCCCCCCCC(C)C)OC(=O)CCCCCCCCCCCCC. The molecule has 6 heteroatoms. The summed E-state index contributed by atoms with van der Waals surface area (Å²) in [6, 6.07) is 0. The zero-order valence-electron chi connectivity index (χ0n) is 40.9. The molecule has 0 fully saturated rings. The van der Waals surface area contributed by atoms with E-state index in [0.717, 1.165) is 63.7 Å². The van der Waals surface area contributed by atoms with Crippen LogP contribution in [0.25, 0.3) is 0 Å². The number of hydrogen-bond donors (Lipinski definition) is 0. The van der Waals surface area contributed by atoms with Crippen molar-refractivity contribution in [1.82, 2.24) is 0 Å². The average molecular weight is 849 g/mol. The second kappa shape index (κ2) is 48.4. The molecule has 0 saturated carbocycles. The third kappa shape index (κ3) is 47.5. The van der Waals surface area contributed by atoms with Crippen molar-refractivity contribution in [3.8, 4) is 0 Å². The molecule has 6 nitrogen and oxygen atoms in total. The zero-order valence-corrected chi connectivity index (χ0v) is 40.9. The van der Waals surface area contributed by atoms with Gasteiger partial charge in [0, 0.05) is 19.3 Å². The van der Waals surface area contributed by atoms with E-state index in [1.54, 1.807) is 0 Å². The Morgan fingerprint density at radius 2 is 0.550 bits per heavy atom. The lowest BCUT2D eigenvalue weighted by Crippen LogP contribution is -2.30. The Morgan fingerprint density at radius 3 is 0.817 bits per heavy atom. The Balaban J connectivity index is 4.23. The van der Waals surface area contributed by atoms with Crippen LogP contribution in [-0.2, 0) is 28.6 Å². The fraction of sp³-hybridized carbons (Fsp3) is 0.944. The topological polar surface area (TPSA) is 78.9 Å². The van der Waals surface area contributed by atoms with Crippen LogP contribution in [0.5, 0.6) is 0 Å². The van der Waals surface area contributed by atoms with Gasteiger partial charge in [-0.25, -0.2) is 0 Å². The molecule has 0 spiro atoms. The van der Waals surface area contributed by atoms with Gasteiger partial charge >= 0.3 is 17.9 Å². The molecule has 0 unspecified atom stereocenters. The lowest BCUT2D eigenvalue weighted by Gasteiger charge is -2.18. The van der Waals surface area contributed by atoms with Gasteiger partial charge in [-0.2, -0.15) is 0 Å². The molecule has 0 aliphatic heterocycles. The molecular weight excluding hydrogens is 745 g/mol. The molecule has 0 aliphatic rings. The maximum absolute atomic E-state index is 12.8. The molecule has 0 heterocycles. The first-order valence-electron chi connectivity index (χ1n) is 26.9. The highest BCUT2D eigenvalue weighted by Crippen LogP contribution is 2.17. The lowest BCUT2D eigenvalue weighted by atomic mass is 10.0. The van der Waals surface area contributed by atoms with E-state index < -0.39 is 6.10 Å². The van der Waals surface area contributed by atoms with Crippen molar-refractivity contribution in [3.05, 3.63) is 0 Å². The third-order valence-electron chi connectivity index (χ3n) is 12.3. The monoisotopic (exact) mass is 849 g/mol. The van der Waals surface area contributed by atoms with Crippen LogP contribution in [0.3, 0.4) is 0 Å². The van der Waals surface area contributed by atoms with Crippen molar-refractivity contribution in [1.29, 1.82) is 0 Å². The van der Waals surface area contributed by atoms with Crippen LogP contribution in [0.4, 0.5) is 0 Å². The summed E-state index contributed by atoms with van der Waals surface area (Å²) in [5, 5.41) is 0. The van der Waals surface area contributed by atoms with E-state index in [1.165, 1.54) is 199 Å². The molecule has 0 aromatic heterocycles. The first-order chi connectivity index (χ1) is 29.4. The Morgan fingerprint density at radius 1 is 0.317 bits per heavy atom. The summed E-state index contributed by atoms with van der Waals surface area (Å²) in [4.78, 5) is 37.9. The minimum Gasteiger partial charge on any atom is -0.462 e. The number of ether oxygens (including phenoxy) is 3. The molecule has 0 aromatic carbocycles. The highest BCUT2D eigenvalue weighted by molar-refractivity contribution is 5.71. The summed E-state index contributed by atoms with van der Waals surface area (Å²) in [5.74, 6) is -0.0359. The van der Waals surface area contributed by atoms with Crippen LogP contribution in [0.1, 0.15) is 304 Å². The molecule has 0 saturated heterocycles. The van der Waals surface area contributed by atoms with Gasteiger partial charge in [0.05, 0.1) is 0 Å². The number of unbranched alkanes of at least 4 members (excludes halogenated alkanes) is 36. The fourth-order valence-corrected chi connectivity index (χ4v) is 8.22. The summed E-state index contributed by atoms with van der Waals surface area (Å²) < 4.78 is 16.8. The van der Waals surface area contributed by atoms with E-state index in [-0.39, 0.29) is 31.1 Å². The van der Waals surface area contributed by atoms with E-state index in [1.807, 2.05) is 0 Å². The van der Waals surface area contributed by atoms with Gasteiger partial charge in [-0.05, 0) is 25.2 Å². The van der Waals surface area contributed by atoms with Crippen molar-refractivity contribution in [2.45, 2.75) is 310 Å². The lowest BCUT2D eigenvalue weighted by molar-refractivity contribution is -0.167. The van der Waals surface area contributed by atoms with Crippen molar-refractivity contribution in [2.75, 3.05) is 13.2 Å². The number of carbonyl (C=O) groups excluding carboxylic acids is 3. The molecule has 0 rings (SSSR count). The molecule has 1 atom stereocenters. The predicted molar refractivity (Wildman–Crippen MR) is 257 cm³/mol. The minimum absolute atomic E-state index is 0.0628. The van der Waals surface area contributed by atoms with Crippen LogP contribution in [0.2, 0.25) is 0 Å².